The number of rotatable bonds is 5. The molecule has 0 bridgehead atoms. The normalized spacial score (nSPS) is 22.6. The van der Waals surface area contributed by atoms with Crippen molar-refractivity contribution in [3.05, 3.63) is 0 Å². The number of hydrogen-bond donors (Lipinski definition) is 2. The highest BCUT2D eigenvalue weighted by atomic mass is 32.2. The van der Waals surface area contributed by atoms with Gasteiger partial charge in [0.1, 0.15) is 0 Å². The van der Waals surface area contributed by atoms with Crippen molar-refractivity contribution in [3.8, 4) is 12.3 Å². The van der Waals surface area contributed by atoms with Gasteiger partial charge in [-0.2, -0.15) is 0 Å². The molecule has 0 aromatic rings. The first-order chi connectivity index (χ1) is 8.56. The van der Waals surface area contributed by atoms with Crippen LogP contribution < -0.4 is 5.32 Å². The summed E-state index contributed by atoms with van der Waals surface area (Å²) in [5.41, 5.74) is 0. The van der Waals surface area contributed by atoms with Gasteiger partial charge in [-0.15, -0.1) is 18.2 Å². The molecule has 1 aliphatic heterocycles. The Balaban J connectivity index is 2.27. The predicted octanol–water partition coefficient (Wildman–Crippen LogP) is 0.715. The number of thioether (sulfide) groups is 1. The average Bonchev–Trinajstić information content (AvgIpc) is 2.71. The summed E-state index contributed by atoms with van der Waals surface area (Å²) in [7, 11) is 0. The zero-order valence-corrected chi connectivity index (χ0v) is 11.2. The van der Waals surface area contributed by atoms with E-state index in [4.69, 9.17) is 11.5 Å². The molecule has 100 valence electrons. The number of hydrogen-bond acceptors (Lipinski definition) is 3. The van der Waals surface area contributed by atoms with Gasteiger partial charge in [-0.1, -0.05) is 12.8 Å². The Hall–Kier alpha value is -1.35. The number of nitrogens with one attached hydrogen (secondary N) is 1. The van der Waals surface area contributed by atoms with Gasteiger partial charge in [-0.05, 0) is 5.92 Å². The second-order valence-corrected chi connectivity index (χ2v) is 5.42. The monoisotopic (exact) mass is 270 g/mol. The number of carbonyl (C=O) groups is 2. The lowest BCUT2D eigenvalue weighted by atomic mass is 9.99. The van der Waals surface area contributed by atoms with Crippen molar-refractivity contribution in [1.29, 1.82) is 0 Å². The SMILES string of the molecule is C#CCSCCNC(=O)N1C[C@@H](C)[C@H](C(=O)O)C1. The smallest absolute Gasteiger partial charge is 0.317 e. The zero-order valence-electron chi connectivity index (χ0n) is 10.4. The summed E-state index contributed by atoms with van der Waals surface area (Å²) in [5, 5.41) is 11.7. The highest BCUT2D eigenvalue weighted by molar-refractivity contribution is 7.99. The first-order valence-electron chi connectivity index (χ1n) is 5.83. The fraction of sp³-hybridized carbons (Fsp3) is 0.667. The maximum Gasteiger partial charge on any atom is 0.317 e. The summed E-state index contributed by atoms with van der Waals surface area (Å²) >= 11 is 1.58. The second-order valence-electron chi connectivity index (χ2n) is 4.32. The van der Waals surface area contributed by atoms with Crippen LogP contribution in [0.1, 0.15) is 6.92 Å². The molecule has 2 atom stereocenters. The van der Waals surface area contributed by atoms with Crippen LogP contribution in [0.15, 0.2) is 0 Å². The fourth-order valence-electron chi connectivity index (χ4n) is 1.93. The molecule has 0 unspecified atom stereocenters. The summed E-state index contributed by atoms with van der Waals surface area (Å²) in [4.78, 5) is 24.3. The maximum atomic E-state index is 11.8. The molecule has 1 saturated heterocycles. The van der Waals surface area contributed by atoms with Crippen LogP contribution in [0.4, 0.5) is 4.79 Å². The third kappa shape index (κ3) is 4.15. The molecular weight excluding hydrogens is 252 g/mol. The Morgan fingerprint density at radius 1 is 1.56 bits per heavy atom. The molecule has 6 heteroatoms. The number of likely N-dealkylation sites (tertiary alicyclic amines) is 1. The van der Waals surface area contributed by atoms with E-state index in [9.17, 15) is 9.59 Å². The maximum absolute atomic E-state index is 11.8. The molecule has 2 amide bonds. The number of amides is 2. The van der Waals surface area contributed by atoms with Gasteiger partial charge in [0.2, 0.25) is 0 Å². The van der Waals surface area contributed by atoms with Gasteiger partial charge in [-0.25, -0.2) is 4.79 Å². The van der Waals surface area contributed by atoms with Gasteiger partial charge in [0.05, 0.1) is 11.7 Å². The van der Waals surface area contributed by atoms with Gasteiger partial charge in [-0.3, -0.25) is 4.79 Å². The Bertz CT molecular complexity index is 354. The molecular formula is C12H18N2O3S. The standard InChI is InChI=1S/C12H18N2O3S/c1-3-5-18-6-4-13-12(17)14-7-9(2)10(8-14)11(15)16/h1,9-10H,4-8H2,2H3,(H,13,17)(H,15,16)/t9-,10-/m1/s1. The topological polar surface area (TPSA) is 69.6 Å². The predicted molar refractivity (Wildman–Crippen MR) is 71.4 cm³/mol. The lowest BCUT2D eigenvalue weighted by molar-refractivity contribution is -0.142. The molecule has 2 N–H and O–H groups in total. The Morgan fingerprint density at radius 3 is 2.83 bits per heavy atom. The van der Waals surface area contributed by atoms with E-state index in [1.165, 1.54) is 0 Å². The summed E-state index contributed by atoms with van der Waals surface area (Å²) in [5.74, 6) is 2.63. The third-order valence-corrected chi connectivity index (χ3v) is 3.79. The Morgan fingerprint density at radius 2 is 2.28 bits per heavy atom. The third-order valence-electron chi connectivity index (χ3n) is 2.92. The van der Waals surface area contributed by atoms with Crippen molar-refractivity contribution in [2.24, 2.45) is 11.8 Å². The van der Waals surface area contributed by atoms with Crippen LogP contribution in [0.3, 0.4) is 0 Å². The number of nitrogens with zero attached hydrogens (tertiary/aromatic N) is 1. The van der Waals surface area contributed by atoms with Crippen LogP contribution in [0, 0.1) is 24.2 Å². The highest BCUT2D eigenvalue weighted by Gasteiger charge is 2.36. The average molecular weight is 270 g/mol. The molecule has 0 aliphatic carbocycles. The van der Waals surface area contributed by atoms with Crippen LogP contribution in [-0.4, -0.2) is 53.1 Å². The van der Waals surface area contributed by atoms with Crippen LogP contribution in [-0.2, 0) is 4.79 Å². The largest absolute Gasteiger partial charge is 0.481 e. The number of terminal acetylenes is 1. The zero-order chi connectivity index (χ0) is 13.5. The van der Waals surface area contributed by atoms with Crippen molar-refractivity contribution in [2.45, 2.75) is 6.92 Å². The molecule has 0 radical (unpaired) electrons. The van der Waals surface area contributed by atoms with Crippen molar-refractivity contribution in [3.63, 3.8) is 0 Å². The molecule has 1 rings (SSSR count). The number of carboxylic acid groups (broad SMARTS) is 1. The van der Waals surface area contributed by atoms with Gasteiger partial charge in [0.15, 0.2) is 0 Å². The number of carbonyl (C=O) groups excluding carboxylic acids is 1. The van der Waals surface area contributed by atoms with Crippen molar-refractivity contribution in [2.75, 3.05) is 31.1 Å². The van der Waals surface area contributed by atoms with E-state index >= 15 is 0 Å². The molecule has 1 heterocycles. The lowest BCUT2D eigenvalue weighted by Crippen LogP contribution is -2.40. The molecule has 1 fully saturated rings. The fourth-order valence-corrected chi connectivity index (χ4v) is 2.44. The summed E-state index contributed by atoms with van der Waals surface area (Å²) in [6, 6.07) is -0.188. The van der Waals surface area contributed by atoms with Gasteiger partial charge < -0.3 is 15.3 Å². The Kier molecular flexibility index (Phi) is 5.86. The van der Waals surface area contributed by atoms with Gasteiger partial charge in [0, 0.05) is 25.4 Å². The van der Waals surface area contributed by atoms with E-state index in [1.807, 2.05) is 6.92 Å². The van der Waals surface area contributed by atoms with Crippen molar-refractivity contribution >= 4 is 23.8 Å². The molecule has 5 nitrogen and oxygen atoms in total. The van der Waals surface area contributed by atoms with Gasteiger partial charge in [0.25, 0.3) is 0 Å². The minimum absolute atomic E-state index is 0.00376. The molecule has 0 spiro atoms. The van der Waals surface area contributed by atoms with Crippen molar-refractivity contribution in [1.82, 2.24) is 10.2 Å². The van der Waals surface area contributed by atoms with Crippen molar-refractivity contribution < 1.29 is 14.7 Å². The van der Waals surface area contributed by atoms with E-state index in [2.05, 4.69) is 11.2 Å². The first kappa shape index (κ1) is 14.7. The van der Waals surface area contributed by atoms with E-state index in [0.29, 0.717) is 25.4 Å². The van der Waals surface area contributed by atoms with Crippen LogP contribution in [0.25, 0.3) is 0 Å². The molecule has 0 aromatic carbocycles. The quantitative estimate of drug-likeness (QED) is 0.570. The minimum Gasteiger partial charge on any atom is -0.481 e. The number of carboxylic acids is 1. The first-order valence-corrected chi connectivity index (χ1v) is 6.98. The van der Waals surface area contributed by atoms with Crippen LogP contribution >= 0.6 is 11.8 Å². The summed E-state index contributed by atoms with van der Waals surface area (Å²) < 4.78 is 0. The molecule has 0 saturated carbocycles. The second kappa shape index (κ2) is 7.17. The van der Waals surface area contributed by atoms with E-state index in [0.717, 1.165) is 5.75 Å². The van der Waals surface area contributed by atoms with Gasteiger partial charge >= 0.3 is 12.0 Å². The molecule has 18 heavy (non-hydrogen) atoms. The minimum atomic E-state index is -0.831. The molecule has 1 aliphatic rings. The summed E-state index contributed by atoms with van der Waals surface area (Å²) in [6.07, 6.45) is 5.11. The van der Waals surface area contributed by atoms with E-state index in [1.54, 1.807) is 16.7 Å². The van der Waals surface area contributed by atoms with Crippen LogP contribution in [0.2, 0.25) is 0 Å². The molecule has 0 aromatic heterocycles. The van der Waals surface area contributed by atoms with Crippen LogP contribution in [0.5, 0.6) is 0 Å². The number of urea groups is 1. The Labute approximate surface area is 111 Å². The number of aliphatic carboxylic acids is 1. The highest BCUT2D eigenvalue weighted by Crippen LogP contribution is 2.22. The van der Waals surface area contributed by atoms with E-state index < -0.39 is 11.9 Å². The summed E-state index contributed by atoms with van der Waals surface area (Å²) in [6.45, 7) is 3.20. The van der Waals surface area contributed by atoms with E-state index in [-0.39, 0.29) is 11.9 Å². The lowest BCUT2D eigenvalue weighted by Gasteiger charge is -2.16.